The third kappa shape index (κ3) is 4.82. The van der Waals surface area contributed by atoms with E-state index in [-0.39, 0.29) is 10.8 Å². The van der Waals surface area contributed by atoms with Gasteiger partial charge in [-0.3, -0.25) is 4.79 Å². The molecule has 0 bridgehead atoms. The molecule has 0 atom stereocenters. The summed E-state index contributed by atoms with van der Waals surface area (Å²) in [5, 5.41) is 2.96. The molecule has 0 radical (unpaired) electrons. The molecule has 0 aromatic heterocycles. The van der Waals surface area contributed by atoms with Crippen LogP contribution in [0.1, 0.15) is 40.7 Å². The van der Waals surface area contributed by atoms with Crippen molar-refractivity contribution in [1.82, 2.24) is 4.31 Å². The zero-order valence-corrected chi connectivity index (χ0v) is 19.6. The van der Waals surface area contributed by atoms with Crippen molar-refractivity contribution >= 4 is 27.3 Å². The van der Waals surface area contributed by atoms with Crippen LogP contribution in [-0.4, -0.2) is 58.0 Å². The Morgan fingerprint density at radius 1 is 0.906 bits per heavy atom. The highest BCUT2D eigenvalue weighted by atomic mass is 32.2. The van der Waals surface area contributed by atoms with Crippen LogP contribution in [-0.2, 0) is 14.8 Å². The first-order valence-electron chi connectivity index (χ1n) is 11.2. The summed E-state index contributed by atoms with van der Waals surface area (Å²) in [5.74, 6) is -0.314. The molecule has 2 aliphatic heterocycles. The fraction of sp³-hybridized carbons (Fsp3) is 0.458. The molecule has 0 unspecified atom stereocenters. The minimum atomic E-state index is -3.64. The first-order chi connectivity index (χ1) is 15.4. The molecule has 4 rings (SSSR count). The van der Waals surface area contributed by atoms with E-state index in [1.807, 2.05) is 32.0 Å². The number of piperidine rings is 1. The third-order valence-electron chi connectivity index (χ3n) is 6.28. The predicted molar refractivity (Wildman–Crippen MR) is 126 cm³/mol. The lowest BCUT2D eigenvalue weighted by atomic mass is 10.1. The molecule has 32 heavy (non-hydrogen) atoms. The molecule has 0 saturated carbocycles. The van der Waals surface area contributed by atoms with Gasteiger partial charge in [0.15, 0.2) is 0 Å². The lowest BCUT2D eigenvalue weighted by molar-refractivity contribution is 0.102. The maximum Gasteiger partial charge on any atom is 0.257 e. The molecule has 1 amide bonds. The number of anilines is 2. The molecule has 2 aliphatic rings. The van der Waals surface area contributed by atoms with Gasteiger partial charge in [0.05, 0.1) is 23.7 Å². The molecule has 0 aliphatic carbocycles. The van der Waals surface area contributed by atoms with E-state index in [0.717, 1.165) is 36.1 Å². The monoisotopic (exact) mass is 457 g/mol. The lowest BCUT2D eigenvalue weighted by Gasteiger charge is -2.31. The first kappa shape index (κ1) is 22.8. The number of benzene rings is 2. The maximum absolute atomic E-state index is 13.4. The number of sulfonamides is 1. The van der Waals surface area contributed by atoms with Crippen LogP contribution in [0.4, 0.5) is 11.4 Å². The summed E-state index contributed by atoms with van der Waals surface area (Å²) < 4.78 is 33.5. The van der Waals surface area contributed by atoms with E-state index in [1.165, 1.54) is 10.4 Å². The van der Waals surface area contributed by atoms with Crippen LogP contribution in [0.15, 0.2) is 41.3 Å². The Labute approximate surface area is 190 Å². The zero-order chi connectivity index (χ0) is 22.7. The van der Waals surface area contributed by atoms with E-state index in [2.05, 4.69) is 10.2 Å². The van der Waals surface area contributed by atoms with Gasteiger partial charge in [0.2, 0.25) is 10.0 Å². The number of morpholine rings is 1. The molecule has 1 N–H and O–H groups in total. The molecule has 2 aromatic carbocycles. The van der Waals surface area contributed by atoms with Crippen molar-refractivity contribution in [3.05, 3.63) is 53.1 Å². The third-order valence-corrected chi connectivity index (χ3v) is 8.18. The van der Waals surface area contributed by atoms with Gasteiger partial charge in [-0.15, -0.1) is 0 Å². The van der Waals surface area contributed by atoms with E-state index in [9.17, 15) is 13.2 Å². The molecule has 2 aromatic rings. The number of rotatable bonds is 5. The van der Waals surface area contributed by atoms with Crippen LogP contribution >= 0.6 is 0 Å². The second-order valence-corrected chi connectivity index (χ2v) is 10.4. The number of aryl methyl sites for hydroxylation is 2. The standard InChI is InChI=1S/C24H31N3O4S/c1-18-6-7-20(16-19(18)2)25-24(28)22-17-21(32(29,30)27-10-4-3-5-11-27)8-9-23(22)26-12-14-31-15-13-26/h6-9,16-17H,3-5,10-15H2,1-2H3,(H,25,28). The van der Waals surface area contributed by atoms with Crippen LogP contribution in [0.5, 0.6) is 0 Å². The lowest BCUT2D eigenvalue weighted by Crippen LogP contribution is -2.38. The second kappa shape index (κ2) is 9.60. The van der Waals surface area contributed by atoms with Crippen molar-refractivity contribution in [3.8, 4) is 0 Å². The van der Waals surface area contributed by atoms with Gasteiger partial charge in [0.25, 0.3) is 5.91 Å². The highest BCUT2D eigenvalue weighted by Crippen LogP contribution is 2.29. The molecule has 0 spiro atoms. The number of ether oxygens (including phenoxy) is 1. The number of hydrogen-bond donors (Lipinski definition) is 1. The molecule has 2 fully saturated rings. The average molecular weight is 458 g/mol. The van der Waals surface area contributed by atoms with Crippen LogP contribution < -0.4 is 10.2 Å². The van der Waals surface area contributed by atoms with E-state index in [0.29, 0.717) is 50.6 Å². The minimum Gasteiger partial charge on any atom is -0.378 e. The smallest absolute Gasteiger partial charge is 0.257 e. The molecular formula is C24H31N3O4S. The fourth-order valence-electron chi connectivity index (χ4n) is 4.21. The van der Waals surface area contributed by atoms with Crippen molar-refractivity contribution in [2.75, 3.05) is 49.6 Å². The summed E-state index contributed by atoms with van der Waals surface area (Å²) in [6.07, 6.45) is 2.78. The highest BCUT2D eigenvalue weighted by Gasteiger charge is 2.28. The molecule has 7 nitrogen and oxygen atoms in total. The predicted octanol–water partition coefficient (Wildman–Crippen LogP) is 3.57. The zero-order valence-electron chi connectivity index (χ0n) is 18.8. The van der Waals surface area contributed by atoms with Gasteiger partial charge >= 0.3 is 0 Å². The maximum atomic E-state index is 13.4. The van der Waals surface area contributed by atoms with E-state index < -0.39 is 10.0 Å². The first-order valence-corrected chi connectivity index (χ1v) is 12.7. The van der Waals surface area contributed by atoms with Gasteiger partial charge in [0.1, 0.15) is 0 Å². The van der Waals surface area contributed by atoms with Gasteiger partial charge in [-0.05, 0) is 68.1 Å². The Balaban J connectivity index is 1.70. The Bertz CT molecular complexity index is 1090. The van der Waals surface area contributed by atoms with Crippen molar-refractivity contribution in [3.63, 3.8) is 0 Å². The Morgan fingerprint density at radius 3 is 2.31 bits per heavy atom. The molecule has 8 heteroatoms. The van der Waals surface area contributed by atoms with Gasteiger partial charge in [0, 0.05) is 37.6 Å². The SMILES string of the molecule is Cc1ccc(NC(=O)c2cc(S(=O)(=O)N3CCCCC3)ccc2N2CCOCC2)cc1C. The number of nitrogens with zero attached hydrogens (tertiary/aromatic N) is 2. The Kier molecular flexibility index (Phi) is 6.83. The van der Waals surface area contributed by atoms with Gasteiger partial charge in [-0.1, -0.05) is 12.5 Å². The van der Waals surface area contributed by atoms with Crippen molar-refractivity contribution in [1.29, 1.82) is 0 Å². The summed E-state index contributed by atoms with van der Waals surface area (Å²) >= 11 is 0. The van der Waals surface area contributed by atoms with Crippen LogP contribution in [0, 0.1) is 13.8 Å². The number of nitrogens with one attached hydrogen (secondary N) is 1. The highest BCUT2D eigenvalue weighted by molar-refractivity contribution is 7.89. The van der Waals surface area contributed by atoms with Gasteiger partial charge in [-0.25, -0.2) is 8.42 Å². The van der Waals surface area contributed by atoms with Crippen molar-refractivity contribution in [2.24, 2.45) is 0 Å². The van der Waals surface area contributed by atoms with Crippen molar-refractivity contribution < 1.29 is 17.9 Å². The summed E-state index contributed by atoms with van der Waals surface area (Å²) in [7, 11) is -3.64. The quantitative estimate of drug-likeness (QED) is 0.743. The Hall–Kier alpha value is -2.42. The van der Waals surface area contributed by atoms with E-state index >= 15 is 0 Å². The van der Waals surface area contributed by atoms with Gasteiger partial charge < -0.3 is 15.0 Å². The second-order valence-electron chi connectivity index (χ2n) is 8.50. The fourth-order valence-corrected chi connectivity index (χ4v) is 5.75. The Morgan fingerprint density at radius 2 is 1.62 bits per heavy atom. The topological polar surface area (TPSA) is 79.0 Å². The molecule has 2 heterocycles. The molecule has 172 valence electrons. The van der Waals surface area contributed by atoms with E-state index in [1.54, 1.807) is 12.1 Å². The molecule has 2 saturated heterocycles. The normalized spacial score (nSPS) is 17.9. The van der Waals surface area contributed by atoms with E-state index in [4.69, 9.17) is 4.74 Å². The summed E-state index contributed by atoms with van der Waals surface area (Å²) in [4.78, 5) is 15.6. The molecular weight excluding hydrogens is 426 g/mol. The summed E-state index contributed by atoms with van der Waals surface area (Å²) in [6.45, 7) is 7.53. The van der Waals surface area contributed by atoms with Gasteiger partial charge in [-0.2, -0.15) is 4.31 Å². The average Bonchev–Trinajstić information content (AvgIpc) is 2.82. The van der Waals surface area contributed by atoms with Crippen molar-refractivity contribution in [2.45, 2.75) is 38.0 Å². The minimum absolute atomic E-state index is 0.168. The number of hydrogen-bond acceptors (Lipinski definition) is 5. The van der Waals surface area contributed by atoms with Crippen LogP contribution in [0.25, 0.3) is 0 Å². The number of carbonyl (C=O) groups excluding carboxylic acids is 1. The number of carbonyl (C=O) groups is 1. The largest absolute Gasteiger partial charge is 0.378 e. The summed E-state index contributed by atoms with van der Waals surface area (Å²) in [6, 6.07) is 10.7. The summed E-state index contributed by atoms with van der Waals surface area (Å²) in [5.41, 5.74) is 4.01. The number of amides is 1. The van der Waals surface area contributed by atoms with Crippen LogP contribution in [0.2, 0.25) is 0 Å². The van der Waals surface area contributed by atoms with Crippen LogP contribution in [0.3, 0.4) is 0 Å².